The molecule has 60 valence electrons. The van der Waals surface area contributed by atoms with Crippen molar-refractivity contribution in [2.75, 3.05) is 0 Å². The van der Waals surface area contributed by atoms with E-state index in [0.29, 0.717) is 16.1 Å². The summed E-state index contributed by atoms with van der Waals surface area (Å²) >= 11 is 5.67. The van der Waals surface area contributed by atoms with E-state index in [2.05, 4.69) is 11.8 Å². The molecule has 13 heavy (non-hydrogen) atoms. The summed E-state index contributed by atoms with van der Waals surface area (Å²) in [5.74, 6) is 4.77. The second-order valence-electron chi connectivity index (χ2n) is 2.16. The Labute approximate surface area is 81.0 Å². The average Bonchev–Trinajstić information content (AvgIpc) is 2.16. The molecule has 0 spiro atoms. The number of nitrogens with zero attached hydrogens (tertiary/aromatic N) is 2. The lowest BCUT2D eigenvalue weighted by atomic mass is 10.1. The number of nitriles is 2. The predicted molar refractivity (Wildman–Crippen MR) is 48.7 cm³/mol. The van der Waals surface area contributed by atoms with E-state index in [4.69, 9.17) is 22.1 Å². The van der Waals surface area contributed by atoms with Crippen molar-refractivity contribution >= 4 is 11.6 Å². The van der Waals surface area contributed by atoms with Crippen LogP contribution in [0.2, 0.25) is 5.02 Å². The van der Waals surface area contributed by atoms with Crippen molar-refractivity contribution in [1.82, 2.24) is 0 Å². The van der Waals surface area contributed by atoms with Gasteiger partial charge in [0.1, 0.15) is 6.07 Å². The van der Waals surface area contributed by atoms with E-state index in [1.54, 1.807) is 18.2 Å². The van der Waals surface area contributed by atoms with E-state index in [1.807, 2.05) is 6.07 Å². The molecule has 1 aromatic carbocycles. The van der Waals surface area contributed by atoms with Gasteiger partial charge in [-0.1, -0.05) is 11.6 Å². The molecule has 2 nitrogen and oxygen atoms in total. The summed E-state index contributed by atoms with van der Waals surface area (Å²) in [6, 6.07) is 8.39. The summed E-state index contributed by atoms with van der Waals surface area (Å²) in [5, 5.41) is 17.4. The average molecular weight is 187 g/mol. The summed E-state index contributed by atoms with van der Waals surface area (Å²) in [7, 11) is 0. The van der Waals surface area contributed by atoms with Gasteiger partial charge in [-0.3, -0.25) is 0 Å². The van der Waals surface area contributed by atoms with Crippen LogP contribution in [0.15, 0.2) is 18.2 Å². The van der Waals surface area contributed by atoms with Gasteiger partial charge in [-0.15, -0.1) is 0 Å². The van der Waals surface area contributed by atoms with Gasteiger partial charge in [0.2, 0.25) is 0 Å². The summed E-state index contributed by atoms with van der Waals surface area (Å²) in [6.45, 7) is 0. The zero-order valence-electron chi connectivity index (χ0n) is 6.50. The summed E-state index contributed by atoms with van der Waals surface area (Å²) in [5.41, 5.74) is 0.906. The molecule has 0 N–H and O–H groups in total. The maximum atomic E-state index is 8.68. The molecular weight excluding hydrogens is 184 g/mol. The van der Waals surface area contributed by atoms with Crippen LogP contribution in [0, 0.1) is 34.5 Å². The first-order valence-corrected chi connectivity index (χ1v) is 3.75. The third kappa shape index (κ3) is 2.24. The third-order valence-corrected chi connectivity index (χ3v) is 1.59. The third-order valence-electron chi connectivity index (χ3n) is 1.36. The van der Waals surface area contributed by atoms with Gasteiger partial charge in [0.15, 0.2) is 6.07 Å². The first-order chi connectivity index (χ1) is 6.27. The molecule has 1 rings (SSSR count). The molecule has 0 saturated carbocycles. The Morgan fingerprint density at radius 3 is 2.54 bits per heavy atom. The van der Waals surface area contributed by atoms with Crippen molar-refractivity contribution in [3.05, 3.63) is 34.3 Å². The molecule has 0 aliphatic heterocycles. The lowest BCUT2D eigenvalue weighted by molar-refractivity contribution is 1.47. The lowest BCUT2D eigenvalue weighted by Gasteiger charge is -1.94. The van der Waals surface area contributed by atoms with E-state index < -0.39 is 0 Å². The Morgan fingerprint density at radius 2 is 1.92 bits per heavy atom. The molecule has 0 heterocycles. The van der Waals surface area contributed by atoms with Gasteiger partial charge in [0.25, 0.3) is 0 Å². The van der Waals surface area contributed by atoms with Gasteiger partial charge in [0.05, 0.1) is 5.56 Å². The molecule has 0 aromatic heterocycles. The van der Waals surface area contributed by atoms with Crippen LogP contribution >= 0.6 is 11.6 Å². The van der Waals surface area contributed by atoms with Crippen LogP contribution in [-0.4, -0.2) is 0 Å². The molecule has 0 aliphatic carbocycles. The van der Waals surface area contributed by atoms with E-state index in [1.165, 1.54) is 6.07 Å². The van der Waals surface area contributed by atoms with E-state index in [0.717, 1.165) is 0 Å². The quantitative estimate of drug-likeness (QED) is 0.583. The van der Waals surface area contributed by atoms with Gasteiger partial charge >= 0.3 is 0 Å². The second-order valence-corrected chi connectivity index (χ2v) is 2.60. The smallest absolute Gasteiger partial charge is 0.152 e. The fourth-order valence-electron chi connectivity index (χ4n) is 0.813. The Hall–Kier alpha value is -1.95. The molecule has 0 unspecified atom stereocenters. The number of hydrogen-bond acceptors (Lipinski definition) is 2. The van der Waals surface area contributed by atoms with E-state index >= 15 is 0 Å². The lowest BCUT2D eigenvalue weighted by Crippen LogP contribution is -1.82. The van der Waals surface area contributed by atoms with Crippen LogP contribution in [0.5, 0.6) is 0 Å². The first kappa shape index (κ1) is 9.14. The van der Waals surface area contributed by atoms with Crippen molar-refractivity contribution < 1.29 is 0 Å². The van der Waals surface area contributed by atoms with Crippen LogP contribution < -0.4 is 0 Å². The van der Waals surface area contributed by atoms with Gasteiger partial charge < -0.3 is 0 Å². The fraction of sp³-hybridized carbons (Fsp3) is 0. The highest BCUT2D eigenvalue weighted by atomic mass is 35.5. The normalized spacial score (nSPS) is 7.62. The van der Waals surface area contributed by atoms with Crippen molar-refractivity contribution in [3.63, 3.8) is 0 Å². The van der Waals surface area contributed by atoms with Crippen molar-refractivity contribution in [1.29, 1.82) is 10.5 Å². The van der Waals surface area contributed by atoms with Crippen molar-refractivity contribution in [3.8, 4) is 24.0 Å². The van der Waals surface area contributed by atoms with Gasteiger partial charge in [-0.25, -0.2) is 0 Å². The molecule has 0 saturated heterocycles. The highest BCUT2D eigenvalue weighted by molar-refractivity contribution is 6.30. The van der Waals surface area contributed by atoms with Gasteiger partial charge in [-0.05, 0) is 24.1 Å². The summed E-state index contributed by atoms with van der Waals surface area (Å²) in [4.78, 5) is 0. The maximum absolute atomic E-state index is 8.68. The van der Waals surface area contributed by atoms with E-state index in [9.17, 15) is 0 Å². The minimum Gasteiger partial charge on any atom is -0.192 e. The van der Waals surface area contributed by atoms with Crippen molar-refractivity contribution in [2.45, 2.75) is 0 Å². The largest absolute Gasteiger partial charge is 0.192 e. The molecule has 0 atom stereocenters. The second kappa shape index (κ2) is 4.17. The minimum atomic E-state index is 0.384. The molecule has 0 radical (unpaired) electrons. The summed E-state index contributed by atoms with van der Waals surface area (Å²) in [6.07, 6.45) is 0. The SMILES string of the molecule is N#CC#Cc1ccc(Cl)cc1C#N. The van der Waals surface area contributed by atoms with Crippen LogP contribution in [0.4, 0.5) is 0 Å². The Balaban J connectivity index is 3.25. The van der Waals surface area contributed by atoms with Crippen LogP contribution in [-0.2, 0) is 0 Å². The number of halogens is 1. The van der Waals surface area contributed by atoms with Gasteiger partial charge in [-0.2, -0.15) is 10.5 Å². The molecule has 0 bridgehead atoms. The molecule has 1 aromatic rings. The first-order valence-electron chi connectivity index (χ1n) is 3.37. The van der Waals surface area contributed by atoms with Crippen LogP contribution in [0.3, 0.4) is 0 Å². The van der Waals surface area contributed by atoms with E-state index in [-0.39, 0.29) is 0 Å². The minimum absolute atomic E-state index is 0.384. The highest BCUT2D eigenvalue weighted by Gasteiger charge is 1.98. The standard InChI is InChI=1S/C10H3ClN2/c11-10-4-3-8(2-1-5-12)9(6-10)7-13/h3-4,6H. The Kier molecular flexibility index (Phi) is 2.93. The maximum Gasteiger partial charge on any atom is 0.152 e. The van der Waals surface area contributed by atoms with Crippen LogP contribution in [0.25, 0.3) is 0 Å². The molecule has 0 aliphatic rings. The highest BCUT2D eigenvalue weighted by Crippen LogP contribution is 2.14. The zero-order chi connectivity index (χ0) is 9.68. The van der Waals surface area contributed by atoms with Crippen molar-refractivity contribution in [2.24, 2.45) is 0 Å². The molecular formula is C10H3ClN2. The summed E-state index contributed by atoms with van der Waals surface area (Å²) < 4.78 is 0. The number of hydrogen-bond donors (Lipinski definition) is 0. The zero-order valence-corrected chi connectivity index (χ0v) is 7.26. The van der Waals surface area contributed by atoms with Crippen LogP contribution in [0.1, 0.15) is 11.1 Å². The van der Waals surface area contributed by atoms with Gasteiger partial charge in [0, 0.05) is 16.5 Å². The molecule has 0 amide bonds. The number of rotatable bonds is 0. The monoisotopic (exact) mass is 186 g/mol. The molecule has 3 heteroatoms. The predicted octanol–water partition coefficient (Wildman–Crippen LogP) is 2.09. The Bertz CT molecular complexity index is 466. The fourth-order valence-corrected chi connectivity index (χ4v) is 0.985. The molecule has 0 fully saturated rings. The Morgan fingerprint density at radius 1 is 1.15 bits per heavy atom. The number of benzene rings is 1. The topological polar surface area (TPSA) is 47.6 Å².